The Balaban J connectivity index is 2.46. The Bertz CT molecular complexity index is 291. The van der Waals surface area contributed by atoms with Crippen LogP contribution in [0.25, 0.3) is 0 Å². The van der Waals surface area contributed by atoms with E-state index in [1.807, 2.05) is 7.05 Å². The standard InChI is InChI=1S/C11H15N/c1-8-4-3-5-10-9(8)6-7-11(10)12-2/h3-5,11-12H,6-7H2,1-2H3. The molecule has 0 amide bonds. The molecule has 64 valence electrons. The van der Waals surface area contributed by atoms with Crippen LogP contribution in [0.3, 0.4) is 0 Å². The SMILES string of the molecule is CNC1CCc2c(C)cccc21. The molecule has 0 saturated carbocycles. The summed E-state index contributed by atoms with van der Waals surface area (Å²) >= 11 is 0. The van der Waals surface area contributed by atoms with Gasteiger partial charge in [0.15, 0.2) is 0 Å². The lowest BCUT2D eigenvalue weighted by atomic mass is 10.0. The predicted octanol–water partition coefficient (Wildman–Crippen LogP) is 2.20. The highest BCUT2D eigenvalue weighted by atomic mass is 14.9. The normalized spacial score (nSPS) is 21.0. The summed E-state index contributed by atoms with van der Waals surface area (Å²) in [6.45, 7) is 2.21. The van der Waals surface area contributed by atoms with E-state index in [-0.39, 0.29) is 0 Å². The highest BCUT2D eigenvalue weighted by Crippen LogP contribution is 2.32. The molecule has 0 radical (unpaired) electrons. The first-order valence-electron chi connectivity index (χ1n) is 4.58. The number of fused-ring (bicyclic) bond motifs is 1. The zero-order chi connectivity index (χ0) is 8.55. The molecular formula is C11H15N. The van der Waals surface area contributed by atoms with Gasteiger partial charge in [0.25, 0.3) is 0 Å². The monoisotopic (exact) mass is 161 g/mol. The topological polar surface area (TPSA) is 12.0 Å². The number of aryl methyl sites for hydroxylation is 1. The van der Waals surface area contributed by atoms with Crippen molar-refractivity contribution in [3.05, 3.63) is 34.9 Å². The summed E-state index contributed by atoms with van der Waals surface area (Å²) in [7, 11) is 2.04. The molecule has 2 rings (SSSR count). The second-order valence-electron chi connectivity index (χ2n) is 3.52. The van der Waals surface area contributed by atoms with Crippen molar-refractivity contribution in [3.8, 4) is 0 Å². The molecule has 0 spiro atoms. The van der Waals surface area contributed by atoms with Crippen LogP contribution in [0.15, 0.2) is 18.2 Å². The summed E-state index contributed by atoms with van der Waals surface area (Å²) in [5.74, 6) is 0. The quantitative estimate of drug-likeness (QED) is 0.666. The first-order chi connectivity index (χ1) is 5.83. The maximum Gasteiger partial charge on any atom is 0.0323 e. The van der Waals surface area contributed by atoms with Crippen LogP contribution in [0.1, 0.15) is 29.2 Å². The summed E-state index contributed by atoms with van der Waals surface area (Å²) in [6, 6.07) is 7.21. The fourth-order valence-electron chi connectivity index (χ4n) is 2.14. The van der Waals surface area contributed by atoms with Gasteiger partial charge in [-0.2, -0.15) is 0 Å². The highest BCUT2D eigenvalue weighted by Gasteiger charge is 2.21. The van der Waals surface area contributed by atoms with E-state index in [9.17, 15) is 0 Å². The van der Waals surface area contributed by atoms with E-state index in [0.717, 1.165) is 0 Å². The molecule has 0 fully saturated rings. The molecule has 1 aromatic carbocycles. The van der Waals surface area contributed by atoms with Crippen molar-refractivity contribution >= 4 is 0 Å². The van der Waals surface area contributed by atoms with Gasteiger partial charge in [0, 0.05) is 6.04 Å². The zero-order valence-electron chi connectivity index (χ0n) is 7.72. The van der Waals surface area contributed by atoms with Gasteiger partial charge in [-0.3, -0.25) is 0 Å². The van der Waals surface area contributed by atoms with Crippen LogP contribution >= 0.6 is 0 Å². The fraction of sp³-hybridized carbons (Fsp3) is 0.455. The minimum Gasteiger partial charge on any atom is -0.313 e. The fourth-order valence-corrected chi connectivity index (χ4v) is 2.14. The molecule has 1 N–H and O–H groups in total. The van der Waals surface area contributed by atoms with Crippen LogP contribution in [0.4, 0.5) is 0 Å². The lowest BCUT2D eigenvalue weighted by molar-refractivity contribution is 0.590. The second kappa shape index (κ2) is 2.91. The molecule has 1 atom stereocenters. The van der Waals surface area contributed by atoms with Crippen LogP contribution in [0.2, 0.25) is 0 Å². The van der Waals surface area contributed by atoms with E-state index in [0.29, 0.717) is 6.04 Å². The Morgan fingerprint density at radius 3 is 3.00 bits per heavy atom. The van der Waals surface area contributed by atoms with Gasteiger partial charge in [0.2, 0.25) is 0 Å². The first-order valence-corrected chi connectivity index (χ1v) is 4.58. The van der Waals surface area contributed by atoms with Crippen molar-refractivity contribution < 1.29 is 0 Å². The van der Waals surface area contributed by atoms with Crippen molar-refractivity contribution in [2.24, 2.45) is 0 Å². The van der Waals surface area contributed by atoms with Crippen LogP contribution in [-0.2, 0) is 6.42 Å². The predicted molar refractivity (Wildman–Crippen MR) is 51.3 cm³/mol. The van der Waals surface area contributed by atoms with Crippen LogP contribution in [0.5, 0.6) is 0 Å². The van der Waals surface area contributed by atoms with E-state index in [2.05, 4.69) is 30.4 Å². The van der Waals surface area contributed by atoms with Crippen molar-refractivity contribution in [3.63, 3.8) is 0 Å². The Morgan fingerprint density at radius 2 is 2.25 bits per heavy atom. The molecule has 12 heavy (non-hydrogen) atoms. The number of hydrogen-bond acceptors (Lipinski definition) is 1. The number of benzene rings is 1. The van der Waals surface area contributed by atoms with Gasteiger partial charge in [0.1, 0.15) is 0 Å². The molecule has 1 aromatic rings. The average Bonchev–Trinajstić information content (AvgIpc) is 2.49. The van der Waals surface area contributed by atoms with Gasteiger partial charge in [-0.25, -0.2) is 0 Å². The third-order valence-corrected chi connectivity index (χ3v) is 2.85. The Kier molecular flexibility index (Phi) is 1.89. The van der Waals surface area contributed by atoms with Crippen molar-refractivity contribution in [2.75, 3.05) is 7.05 Å². The van der Waals surface area contributed by atoms with E-state index in [1.54, 1.807) is 5.56 Å². The molecule has 1 aliphatic carbocycles. The molecule has 0 bridgehead atoms. The van der Waals surface area contributed by atoms with Gasteiger partial charge in [-0.05, 0) is 43.5 Å². The molecule has 1 heteroatoms. The van der Waals surface area contributed by atoms with E-state index in [1.165, 1.54) is 24.0 Å². The summed E-state index contributed by atoms with van der Waals surface area (Å²) in [5.41, 5.74) is 4.53. The summed E-state index contributed by atoms with van der Waals surface area (Å²) in [5, 5.41) is 3.35. The Hall–Kier alpha value is -0.820. The molecule has 0 aromatic heterocycles. The molecule has 0 saturated heterocycles. The molecular weight excluding hydrogens is 146 g/mol. The van der Waals surface area contributed by atoms with Crippen molar-refractivity contribution in [1.82, 2.24) is 5.32 Å². The number of nitrogens with one attached hydrogen (secondary N) is 1. The van der Waals surface area contributed by atoms with Gasteiger partial charge in [0.05, 0.1) is 0 Å². The van der Waals surface area contributed by atoms with Crippen LogP contribution < -0.4 is 5.32 Å². The average molecular weight is 161 g/mol. The van der Waals surface area contributed by atoms with E-state index in [4.69, 9.17) is 0 Å². The maximum absolute atomic E-state index is 3.35. The first kappa shape index (κ1) is 7.81. The van der Waals surface area contributed by atoms with Gasteiger partial charge in [-0.1, -0.05) is 18.2 Å². The minimum atomic E-state index is 0.597. The molecule has 1 nitrogen and oxygen atoms in total. The summed E-state index contributed by atoms with van der Waals surface area (Å²) in [6.07, 6.45) is 2.50. The Labute approximate surface area is 73.8 Å². The van der Waals surface area contributed by atoms with Gasteiger partial charge < -0.3 is 5.32 Å². The summed E-state index contributed by atoms with van der Waals surface area (Å²) in [4.78, 5) is 0. The maximum atomic E-state index is 3.35. The van der Waals surface area contributed by atoms with Gasteiger partial charge in [-0.15, -0.1) is 0 Å². The zero-order valence-corrected chi connectivity index (χ0v) is 7.72. The lowest BCUT2D eigenvalue weighted by Crippen LogP contribution is -2.12. The molecule has 0 aliphatic heterocycles. The third kappa shape index (κ3) is 1.05. The second-order valence-corrected chi connectivity index (χ2v) is 3.52. The van der Waals surface area contributed by atoms with Crippen molar-refractivity contribution in [1.29, 1.82) is 0 Å². The lowest BCUT2D eigenvalue weighted by Gasteiger charge is -2.09. The Morgan fingerprint density at radius 1 is 1.42 bits per heavy atom. The van der Waals surface area contributed by atoms with E-state index < -0.39 is 0 Å². The third-order valence-electron chi connectivity index (χ3n) is 2.85. The highest BCUT2D eigenvalue weighted by molar-refractivity contribution is 5.40. The molecule has 0 heterocycles. The van der Waals surface area contributed by atoms with Crippen molar-refractivity contribution in [2.45, 2.75) is 25.8 Å². The molecule has 1 aliphatic rings. The number of hydrogen-bond donors (Lipinski definition) is 1. The smallest absolute Gasteiger partial charge is 0.0323 e. The van der Waals surface area contributed by atoms with Crippen LogP contribution in [0, 0.1) is 6.92 Å². The largest absolute Gasteiger partial charge is 0.313 e. The molecule has 1 unspecified atom stereocenters. The van der Waals surface area contributed by atoms with Crippen LogP contribution in [-0.4, -0.2) is 7.05 Å². The summed E-state index contributed by atoms with van der Waals surface area (Å²) < 4.78 is 0. The number of rotatable bonds is 1. The van der Waals surface area contributed by atoms with E-state index >= 15 is 0 Å². The van der Waals surface area contributed by atoms with Gasteiger partial charge >= 0.3 is 0 Å². The minimum absolute atomic E-state index is 0.597.